The van der Waals surface area contributed by atoms with Gasteiger partial charge in [0.25, 0.3) is 0 Å². The van der Waals surface area contributed by atoms with Gasteiger partial charge in [0.05, 0.1) is 6.61 Å². The molecule has 1 unspecified atom stereocenters. The molecule has 0 spiro atoms. The van der Waals surface area contributed by atoms with E-state index in [0.29, 0.717) is 32.0 Å². The number of rotatable bonds is 6. The van der Waals surface area contributed by atoms with Gasteiger partial charge in [-0.2, -0.15) is 0 Å². The van der Waals surface area contributed by atoms with Crippen LogP contribution in [0.5, 0.6) is 0 Å². The highest BCUT2D eigenvalue weighted by Crippen LogP contribution is 2.36. The van der Waals surface area contributed by atoms with Gasteiger partial charge in [-0.25, -0.2) is 4.79 Å². The molecule has 1 aliphatic rings. The summed E-state index contributed by atoms with van der Waals surface area (Å²) < 4.78 is 0. The van der Waals surface area contributed by atoms with Crippen molar-refractivity contribution in [1.29, 1.82) is 0 Å². The average molecular weight is 286 g/mol. The number of likely N-dealkylation sites (tertiary alicyclic amines) is 1. The monoisotopic (exact) mass is 286 g/mol. The van der Waals surface area contributed by atoms with Crippen LogP contribution >= 0.6 is 0 Å². The van der Waals surface area contributed by atoms with Crippen molar-refractivity contribution in [2.75, 3.05) is 26.2 Å². The summed E-state index contributed by atoms with van der Waals surface area (Å²) in [4.78, 5) is 24.2. The normalized spacial score (nSPS) is 22.9. The van der Waals surface area contributed by atoms with Crippen molar-refractivity contribution in [2.24, 2.45) is 11.3 Å². The first-order valence-electron chi connectivity index (χ1n) is 7.27. The molecule has 1 atom stereocenters. The maximum Gasteiger partial charge on any atom is 0.317 e. The molecule has 1 saturated heterocycles. The fraction of sp³-hybridized carbons (Fsp3) is 0.857. The van der Waals surface area contributed by atoms with Crippen LogP contribution in [0.3, 0.4) is 0 Å². The molecule has 0 bridgehead atoms. The van der Waals surface area contributed by atoms with Crippen molar-refractivity contribution in [3.8, 4) is 0 Å². The van der Waals surface area contributed by atoms with Crippen molar-refractivity contribution >= 4 is 12.0 Å². The summed E-state index contributed by atoms with van der Waals surface area (Å²) in [5.41, 5.74) is -0.212. The molecular weight excluding hydrogens is 260 g/mol. The highest BCUT2D eigenvalue weighted by molar-refractivity contribution is 5.74. The number of amides is 2. The zero-order chi connectivity index (χ0) is 15.2. The molecule has 0 aromatic rings. The Bertz CT molecular complexity index is 346. The van der Waals surface area contributed by atoms with Gasteiger partial charge < -0.3 is 20.4 Å². The second-order valence-electron chi connectivity index (χ2n) is 5.93. The predicted octanol–water partition coefficient (Wildman–Crippen LogP) is 1.29. The van der Waals surface area contributed by atoms with E-state index in [9.17, 15) is 14.7 Å². The van der Waals surface area contributed by atoms with E-state index in [1.54, 1.807) is 4.90 Å². The Morgan fingerprint density at radius 3 is 2.65 bits per heavy atom. The van der Waals surface area contributed by atoms with Crippen molar-refractivity contribution in [2.45, 2.75) is 39.5 Å². The maximum absolute atomic E-state index is 12.1. The molecular formula is C14H26N2O4. The maximum atomic E-state index is 12.1. The van der Waals surface area contributed by atoms with Crippen LogP contribution in [0.25, 0.3) is 0 Å². The number of carbonyl (C=O) groups is 2. The fourth-order valence-electron chi connectivity index (χ4n) is 2.66. The van der Waals surface area contributed by atoms with Crippen LogP contribution in [0.2, 0.25) is 0 Å². The summed E-state index contributed by atoms with van der Waals surface area (Å²) in [6, 6.07) is -0.159. The standard InChI is InChI=1S/C14H26N2O4/c1-11(2)14(10-17)6-4-8-16(9-14)13(20)15-7-3-5-12(18)19/h11,17H,3-10H2,1-2H3,(H,15,20)(H,18,19). The molecule has 0 aliphatic carbocycles. The number of carbonyl (C=O) groups excluding carboxylic acids is 1. The molecule has 20 heavy (non-hydrogen) atoms. The second kappa shape index (κ2) is 7.47. The van der Waals surface area contributed by atoms with Gasteiger partial charge in [0.1, 0.15) is 0 Å². The number of carboxylic acids is 1. The van der Waals surface area contributed by atoms with E-state index in [4.69, 9.17) is 5.11 Å². The molecule has 1 aliphatic heterocycles. The van der Waals surface area contributed by atoms with Crippen LogP contribution in [-0.2, 0) is 4.79 Å². The number of aliphatic hydroxyl groups excluding tert-OH is 1. The average Bonchev–Trinajstić information content (AvgIpc) is 2.42. The molecule has 2 amide bonds. The SMILES string of the molecule is CC(C)C1(CO)CCCN(C(=O)NCCCC(=O)O)C1. The number of urea groups is 1. The summed E-state index contributed by atoms with van der Waals surface area (Å²) in [6.45, 7) is 5.86. The number of carboxylic acid groups (broad SMARTS) is 1. The first kappa shape index (κ1) is 16.8. The lowest BCUT2D eigenvalue weighted by Crippen LogP contribution is -2.53. The second-order valence-corrected chi connectivity index (χ2v) is 5.93. The van der Waals surface area contributed by atoms with Gasteiger partial charge in [0.15, 0.2) is 0 Å². The molecule has 0 aromatic heterocycles. The van der Waals surface area contributed by atoms with Crippen LogP contribution in [-0.4, -0.2) is 53.4 Å². The molecule has 1 rings (SSSR count). The van der Waals surface area contributed by atoms with Crippen LogP contribution in [0.15, 0.2) is 0 Å². The van der Waals surface area contributed by atoms with E-state index in [1.165, 1.54) is 0 Å². The van der Waals surface area contributed by atoms with E-state index >= 15 is 0 Å². The highest BCUT2D eigenvalue weighted by atomic mass is 16.4. The minimum atomic E-state index is -0.851. The zero-order valence-electron chi connectivity index (χ0n) is 12.4. The Kier molecular flexibility index (Phi) is 6.26. The molecule has 0 saturated carbocycles. The van der Waals surface area contributed by atoms with Crippen LogP contribution in [0.1, 0.15) is 39.5 Å². The quantitative estimate of drug-likeness (QED) is 0.642. The van der Waals surface area contributed by atoms with Gasteiger partial charge >= 0.3 is 12.0 Å². The number of aliphatic hydroxyl groups is 1. The number of hydrogen-bond acceptors (Lipinski definition) is 3. The molecule has 1 heterocycles. The van der Waals surface area contributed by atoms with E-state index in [0.717, 1.165) is 12.8 Å². The first-order chi connectivity index (χ1) is 9.41. The fourth-order valence-corrected chi connectivity index (χ4v) is 2.66. The summed E-state index contributed by atoms with van der Waals surface area (Å²) >= 11 is 0. The molecule has 6 heteroatoms. The smallest absolute Gasteiger partial charge is 0.317 e. The van der Waals surface area contributed by atoms with Gasteiger partial charge in [-0.05, 0) is 25.2 Å². The number of piperidine rings is 1. The Balaban J connectivity index is 2.46. The molecule has 0 radical (unpaired) electrons. The minimum Gasteiger partial charge on any atom is -0.481 e. The van der Waals surface area contributed by atoms with E-state index in [1.807, 2.05) is 0 Å². The number of nitrogens with one attached hydrogen (secondary N) is 1. The summed E-state index contributed by atoms with van der Waals surface area (Å²) in [6.07, 6.45) is 2.32. The lowest BCUT2D eigenvalue weighted by atomic mass is 9.72. The third-order valence-electron chi connectivity index (χ3n) is 4.28. The Morgan fingerprint density at radius 1 is 1.40 bits per heavy atom. The first-order valence-corrected chi connectivity index (χ1v) is 7.27. The lowest BCUT2D eigenvalue weighted by Gasteiger charge is -2.44. The highest BCUT2D eigenvalue weighted by Gasteiger charge is 2.39. The van der Waals surface area contributed by atoms with Crippen molar-refractivity contribution < 1.29 is 19.8 Å². The summed E-state index contributed by atoms with van der Waals surface area (Å²) in [5, 5.41) is 21.0. The van der Waals surface area contributed by atoms with Crippen LogP contribution < -0.4 is 5.32 Å². The topological polar surface area (TPSA) is 89.9 Å². The predicted molar refractivity (Wildman–Crippen MR) is 75.4 cm³/mol. The Hall–Kier alpha value is -1.30. The third kappa shape index (κ3) is 4.37. The van der Waals surface area contributed by atoms with E-state index < -0.39 is 5.97 Å². The number of aliphatic carboxylic acids is 1. The van der Waals surface area contributed by atoms with Gasteiger partial charge in [-0.3, -0.25) is 4.79 Å². The molecule has 3 N–H and O–H groups in total. The van der Waals surface area contributed by atoms with E-state index in [-0.39, 0.29) is 24.5 Å². The van der Waals surface area contributed by atoms with Crippen LogP contribution in [0, 0.1) is 11.3 Å². The minimum absolute atomic E-state index is 0.0624. The van der Waals surface area contributed by atoms with Crippen LogP contribution in [0.4, 0.5) is 4.79 Å². The van der Waals surface area contributed by atoms with Crippen molar-refractivity contribution in [3.63, 3.8) is 0 Å². The molecule has 1 fully saturated rings. The van der Waals surface area contributed by atoms with E-state index in [2.05, 4.69) is 19.2 Å². The largest absolute Gasteiger partial charge is 0.481 e. The van der Waals surface area contributed by atoms with Gasteiger partial charge in [-0.15, -0.1) is 0 Å². The summed E-state index contributed by atoms with van der Waals surface area (Å²) in [5.74, 6) is -0.536. The van der Waals surface area contributed by atoms with Crippen molar-refractivity contribution in [3.05, 3.63) is 0 Å². The number of hydrogen-bond donors (Lipinski definition) is 3. The molecule has 0 aromatic carbocycles. The summed E-state index contributed by atoms with van der Waals surface area (Å²) in [7, 11) is 0. The van der Waals surface area contributed by atoms with Gasteiger partial charge in [-0.1, -0.05) is 13.8 Å². The third-order valence-corrected chi connectivity index (χ3v) is 4.28. The Labute approximate surface area is 120 Å². The molecule has 116 valence electrons. The van der Waals surface area contributed by atoms with Gasteiger partial charge in [0.2, 0.25) is 0 Å². The lowest BCUT2D eigenvalue weighted by molar-refractivity contribution is -0.137. The number of nitrogens with zero attached hydrogens (tertiary/aromatic N) is 1. The van der Waals surface area contributed by atoms with Crippen molar-refractivity contribution in [1.82, 2.24) is 10.2 Å². The van der Waals surface area contributed by atoms with Gasteiger partial charge in [0, 0.05) is 31.5 Å². The zero-order valence-corrected chi connectivity index (χ0v) is 12.4. The molecule has 6 nitrogen and oxygen atoms in total. The Morgan fingerprint density at radius 2 is 2.10 bits per heavy atom.